The molecule has 0 saturated carbocycles. The third-order valence-corrected chi connectivity index (χ3v) is 10.8. The number of carbonyl (C=O) groups excluding carboxylic acids is 2. The molecule has 11 heteroatoms. The molecule has 0 aromatic heterocycles. The van der Waals surface area contributed by atoms with Gasteiger partial charge in [-0.05, 0) is 12.8 Å². The number of rotatable bonds is 42. The highest BCUT2D eigenvalue weighted by Gasteiger charge is 2.27. The number of aliphatic hydroxyl groups is 2. The van der Waals surface area contributed by atoms with Crippen LogP contribution in [0.15, 0.2) is 0 Å². The molecular weight excluding hydrogens is 695 g/mol. The first-order valence-corrected chi connectivity index (χ1v) is 23.5. The molecule has 0 heterocycles. The van der Waals surface area contributed by atoms with Gasteiger partial charge in [-0.15, -0.1) is 0 Å². The first-order chi connectivity index (χ1) is 25.8. The number of unbranched alkanes of at least 4 members (excludes halogenated alkanes) is 28. The summed E-state index contributed by atoms with van der Waals surface area (Å²) in [6.07, 6.45) is 35.0. The number of phosphoric ester groups is 1. The third kappa shape index (κ3) is 37.7. The molecule has 0 aromatic carbocycles. The molecule has 0 aromatic rings. The van der Waals surface area contributed by atoms with Gasteiger partial charge in [0, 0.05) is 12.8 Å². The molecule has 316 valence electrons. The van der Waals surface area contributed by atoms with Crippen molar-refractivity contribution in [3.63, 3.8) is 0 Å². The van der Waals surface area contributed by atoms with Gasteiger partial charge < -0.3 is 24.6 Å². The SMILES string of the molecule is CCCCCCCCCCCCCCCCCCC(=O)OC(CO)COP(=O)(O)OCC(CO)OC(=O)CCCCCCCCCCCCCCCC. The van der Waals surface area contributed by atoms with E-state index in [1.807, 2.05) is 0 Å². The molecular formula is C42H83O10P. The van der Waals surface area contributed by atoms with Crippen LogP contribution in [0.5, 0.6) is 0 Å². The van der Waals surface area contributed by atoms with Crippen molar-refractivity contribution >= 4 is 19.8 Å². The van der Waals surface area contributed by atoms with Gasteiger partial charge in [-0.1, -0.05) is 194 Å². The molecule has 0 rings (SSSR count). The smallest absolute Gasteiger partial charge is 0.457 e. The van der Waals surface area contributed by atoms with Crippen LogP contribution >= 0.6 is 7.82 Å². The average molecular weight is 779 g/mol. The number of aliphatic hydroxyl groups excluding tert-OH is 2. The molecule has 53 heavy (non-hydrogen) atoms. The molecule has 0 aliphatic rings. The third-order valence-electron chi connectivity index (χ3n) is 9.82. The molecule has 0 spiro atoms. The summed E-state index contributed by atoms with van der Waals surface area (Å²) in [6, 6.07) is 0. The maximum absolute atomic E-state index is 12.3. The molecule has 3 N–H and O–H groups in total. The van der Waals surface area contributed by atoms with Crippen molar-refractivity contribution in [2.24, 2.45) is 0 Å². The minimum Gasteiger partial charge on any atom is -0.457 e. The first-order valence-electron chi connectivity index (χ1n) is 22.0. The van der Waals surface area contributed by atoms with Gasteiger partial charge >= 0.3 is 19.8 Å². The van der Waals surface area contributed by atoms with Crippen molar-refractivity contribution in [2.75, 3.05) is 26.4 Å². The Morgan fingerprint density at radius 1 is 0.434 bits per heavy atom. The Morgan fingerprint density at radius 3 is 0.887 bits per heavy atom. The zero-order valence-electron chi connectivity index (χ0n) is 34.3. The van der Waals surface area contributed by atoms with E-state index in [1.165, 1.54) is 141 Å². The number of hydrogen-bond acceptors (Lipinski definition) is 9. The van der Waals surface area contributed by atoms with E-state index in [1.54, 1.807) is 0 Å². The summed E-state index contributed by atoms with van der Waals surface area (Å²) in [6.45, 7) is 2.25. The van der Waals surface area contributed by atoms with E-state index in [0.29, 0.717) is 12.8 Å². The van der Waals surface area contributed by atoms with Gasteiger partial charge in [0.1, 0.15) is 12.2 Å². The Kier molecular flexibility index (Phi) is 38.5. The standard InChI is InChI=1S/C42H83O10P/c1-3-5-7-9-11-13-15-17-19-20-22-24-26-28-30-32-34-42(46)52-40(36-44)38-50-53(47,48)49-37-39(35-43)51-41(45)33-31-29-27-25-23-21-18-16-14-12-10-8-6-4-2/h39-40,43-44H,3-38H2,1-2H3,(H,47,48). The van der Waals surface area contributed by atoms with Crippen molar-refractivity contribution in [1.29, 1.82) is 0 Å². The zero-order valence-corrected chi connectivity index (χ0v) is 35.2. The molecule has 0 fully saturated rings. The fraction of sp³-hybridized carbons (Fsp3) is 0.952. The summed E-state index contributed by atoms with van der Waals surface area (Å²) in [5.41, 5.74) is 0. The molecule has 3 unspecified atom stereocenters. The Morgan fingerprint density at radius 2 is 0.660 bits per heavy atom. The maximum atomic E-state index is 12.3. The summed E-state index contributed by atoms with van der Waals surface area (Å²) < 4.78 is 32.6. The minimum absolute atomic E-state index is 0.199. The summed E-state index contributed by atoms with van der Waals surface area (Å²) in [5.74, 6) is -1.00. The molecule has 10 nitrogen and oxygen atoms in total. The van der Waals surface area contributed by atoms with Gasteiger partial charge in [-0.3, -0.25) is 18.6 Å². The molecule has 0 bridgehead atoms. The van der Waals surface area contributed by atoms with E-state index in [4.69, 9.17) is 18.5 Å². The lowest BCUT2D eigenvalue weighted by molar-refractivity contribution is -0.153. The van der Waals surface area contributed by atoms with Crippen LogP contribution in [-0.4, -0.2) is 65.7 Å². The highest BCUT2D eigenvalue weighted by molar-refractivity contribution is 7.47. The predicted octanol–water partition coefficient (Wildman–Crippen LogP) is 11.5. The second-order valence-electron chi connectivity index (χ2n) is 15.0. The quantitative estimate of drug-likeness (QED) is 0.0310. The fourth-order valence-electron chi connectivity index (χ4n) is 6.41. The van der Waals surface area contributed by atoms with E-state index in [0.717, 1.165) is 38.5 Å². The van der Waals surface area contributed by atoms with Gasteiger partial charge in [0.25, 0.3) is 0 Å². The summed E-state index contributed by atoms with van der Waals surface area (Å²) in [4.78, 5) is 34.5. The van der Waals surface area contributed by atoms with E-state index >= 15 is 0 Å². The molecule has 3 atom stereocenters. The largest absolute Gasteiger partial charge is 0.472 e. The molecule has 0 radical (unpaired) electrons. The highest BCUT2D eigenvalue weighted by atomic mass is 31.2. The Labute approximate surface area is 324 Å². The molecule has 0 aliphatic carbocycles. The van der Waals surface area contributed by atoms with Crippen molar-refractivity contribution in [2.45, 2.75) is 232 Å². The van der Waals surface area contributed by atoms with Crippen LogP contribution in [0, 0.1) is 0 Å². The van der Waals surface area contributed by atoms with Crippen molar-refractivity contribution in [3.8, 4) is 0 Å². The molecule has 0 amide bonds. The summed E-state index contributed by atoms with van der Waals surface area (Å²) in [7, 11) is -4.63. The topological polar surface area (TPSA) is 149 Å². The number of carbonyl (C=O) groups is 2. The van der Waals surface area contributed by atoms with Crippen LogP contribution in [0.3, 0.4) is 0 Å². The van der Waals surface area contributed by atoms with Gasteiger partial charge in [-0.2, -0.15) is 0 Å². The Balaban J connectivity index is 3.88. The van der Waals surface area contributed by atoms with Gasteiger partial charge in [-0.25, -0.2) is 4.57 Å². The van der Waals surface area contributed by atoms with E-state index in [2.05, 4.69) is 13.8 Å². The van der Waals surface area contributed by atoms with Crippen LogP contribution in [0.2, 0.25) is 0 Å². The van der Waals surface area contributed by atoms with Crippen molar-refractivity contribution in [3.05, 3.63) is 0 Å². The lowest BCUT2D eigenvalue weighted by atomic mass is 10.0. The van der Waals surface area contributed by atoms with Crippen molar-refractivity contribution in [1.82, 2.24) is 0 Å². The second kappa shape index (κ2) is 39.2. The van der Waals surface area contributed by atoms with Crippen LogP contribution in [-0.2, 0) is 32.7 Å². The predicted molar refractivity (Wildman–Crippen MR) is 215 cm³/mol. The summed E-state index contributed by atoms with van der Waals surface area (Å²) >= 11 is 0. The number of ether oxygens (including phenoxy) is 2. The van der Waals surface area contributed by atoms with Gasteiger partial charge in [0.05, 0.1) is 26.4 Å². The van der Waals surface area contributed by atoms with E-state index in [-0.39, 0.29) is 12.8 Å². The normalized spacial score (nSPS) is 13.8. The van der Waals surface area contributed by atoms with Gasteiger partial charge in [0.15, 0.2) is 0 Å². The summed E-state index contributed by atoms with van der Waals surface area (Å²) in [5, 5.41) is 19.2. The fourth-order valence-corrected chi connectivity index (χ4v) is 7.19. The lowest BCUT2D eigenvalue weighted by Gasteiger charge is -2.20. The van der Waals surface area contributed by atoms with Crippen LogP contribution < -0.4 is 0 Å². The monoisotopic (exact) mass is 779 g/mol. The molecule has 0 saturated heterocycles. The first kappa shape index (κ1) is 52.0. The Hall–Kier alpha value is -1.03. The second-order valence-corrected chi connectivity index (χ2v) is 16.5. The van der Waals surface area contributed by atoms with Gasteiger partial charge in [0.2, 0.25) is 0 Å². The maximum Gasteiger partial charge on any atom is 0.472 e. The minimum atomic E-state index is -4.63. The van der Waals surface area contributed by atoms with E-state index in [9.17, 15) is 29.3 Å². The number of esters is 2. The number of phosphoric acid groups is 1. The van der Waals surface area contributed by atoms with E-state index < -0.39 is 58.4 Å². The lowest BCUT2D eigenvalue weighted by Crippen LogP contribution is -2.28. The van der Waals surface area contributed by atoms with Crippen LogP contribution in [0.4, 0.5) is 0 Å². The zero-order chi connectivity index (χ0) is 39.1. The van der Waals surface area contributed by atoms with Crippen LogP contribution in [0.1, 0.15) is 219 Å². The highest BCUT2D eigenvalue weighted by Crippen LogP contribution is 2.43. The number of hydrogen-bond donors (Lipinski definition) is 3. The average Bonchev–Trinajstić information content (AvgIpc) is 3.14. The Bertz CT molecular complexity index is 858. The van der Waals surface area contributed by atoms with Crippen molar-refractivity contribution < 1.29 is 47.8 Å². The molecule has 0 aliphatic heterocycles. The van der Waals surface area contributed by atoms with Crippen LogP contribution in [0.25, 0.3) is 0 Å².